The fourth-order valence-corrected chi connectivity index (χ4v) is 1.60. The van der Waals surface area contributed by atoms with E-state index in [-0.39, 0.29) is 0 Å². The van der Waals surface area contributed by atoms with Crippen LogP contribution in [0.1, 0.15) is 18.2 Å². The molecule has 0 fully saturated rings. The van der Waals surface area contributed by atoms with Crippen LogP contribution in [0.4, 0.5) is 0 Å². The van der Waals surface area contributed by atoms with Gasteiger partial charge in [0.25, 0.3) is 0 Å². The van der Waals surface area contributed by atoms with Crippen LogP contribution in [-0.2, 0) is 6.42 Å². The zero-order valence-corrected chi connectivity index (χ0v) is 8.16. The monoisotopic (exact) mass is 189 g/mol. The predicted octanol–water partition coefficient (Wildman–Crippen LogP) is 2.95. The highest BCUT2D eigenvalue weighted by molar-refractivity contribution is 7.09. The third-order valence-electron chi connectivity index (χ3n) is 1.63. The van der Waals surface area contributed by atoms with E-state index in [0.717, 1.165) is 12.3 Å². The molecule has 0 saturated heterocycles. The van der Waals surface area contributed by atoms with Gasteiger partial charge in [0.05, 0.1) is 5.51 Å². The van der Waals surface area contributed by atoms with Crippen LogP contribution < -0.4 is 0 Å². The van der Waals surface area contributed by atoms with E-state index in [1.165, 1.54) is 11.3 Å². The Hall–Kier alpha value is -0.0800. The van der Waals surface area contributed by atoms with Crippen LogP contribution in [0.15, 0.2) is 11.7 Å². The second-order valence-electron chi connectivity index (χ2n) is 2.77. The van der Waals surface area contributed by atoms with Crippen molar-refractivity contribution >= 4 is 22.9 Å². The molecule has 1 rings (SSSR count). The van der Waals surface area contributed by atoms with Crippen LogP contribution in [0.2, 0.25) is 0 Å². The first-order chi connectivity index (χ1) is 5.33. The lowest BCUT2D eigenvalue weighted by atomic mass is 10.1. The molecule has 1 unspecified atom stereocenters. The van der Waals surface area contributed by atoms with E-state index in [1.54, 1.807) is 11.3 Å². The second-order valence-corrected chi connectivity index (χ2v) is 4.05. The number of hydrogen-bond acceptors (Lipinski definition) is 2. The van der Waals surface area contributed by atoms with Gasteiger partial charge in [0.2, 0.25) is 0 Å². The van der Waals surface area contributed by atoms with Crippen molar-refractivity contribution in [2.75, 3.05) is 5.88 Å². The normalized spacial score (nSPS) is 13.3. The lowest BCUT2D eigenvalue weighted by Gasteiger charge is -2.03. The highest BCUT2D eigenvalue weighted by Gasteiger charge is 2.01. The molecule has 1 nitrogen and oxygen atoms in total. The Bertz CT molecular complexity index is 186. The van der Waals surface area contributed by atoms with Gasteiger partial charge >= 0.3 is 0 Å². The molecule has 1 aromatic rings. The Labute approximate surface area is 76.4 Å². The van der Waals surface area contributed by atoms with Crippen molar-refractivity contribution in [2.45, 2.75) is 19.8 Å². The van der Waals surface area contributed by atoms with Crippen LogP contribution in [0.5, 0.6) is 0 Å². The number of aryl methyl sites for hydroxylation is 1. The molecule has 0 bridgehead atoms. The Morgan fingerprint density at radius 2 is 2.55 bits per heavy atom. The van der Waals surface area contributed by atoms with Gasteiger partial charge in [-0.3, -0.25) is 4.98 Å². The first-order valence-electron chi connectivity index (χ1n) is 3.76. The molecule has 0 aliphatic carbocycles. The van der Waals surface area contributed by atoms with Gasteiger partial charge in [-0.2, -0.15) is 0 Å². The van der Waals surface area contributed by atoms with Gasteiger partial charge < -0.3 is 0 Å². The molecule has 0 N–H and O–H groups in total. The maximum Gasteiger partial charge on any atom is 0.0794 e. The standard InChI is InChI=1S/C8H12ClNS/c1-7(4-9)2-3-8-5-10-6-11-8/h5-7H,2-4H2,1H3. The van der Waals surface area contributed by atoms with E-state index in [4.69, 9.17) is 11.6 Å². The zero-order chi connectivity index (χ0) is 8.10. The summed E-state index contributed by atoms with van der Waals surface area (Å²) in [5.41, 5.74) is 1.88. The van der Waals surface area contributed by atoms with E-state index in [9.17, 15) is 0 Å². The third-order valence-corrected chi connectivity index (χ3v) is 3.00. The fourth-order valence-electron chi connectivity index (χ4n) is 0.831. The van der Waals surface area contributed by atoms with Crippen LogP contribution in [0.3, 0.4) is 0 Å². The Morgan fingerprint density at radius 3 is 3.09 bits per heavy atom. The smallest absolute Gasteiger partial charge is 0.0794 e. The topological polar surface area (TPSA) is 12.9 Å². The SMILES string of the molecule is CC(CCl)CCc1cncs1. The average Bonchev–Trinajstić information content (AvgIpc) is 2.52. The van der Waals surface area contributed by atoms with Crippen molar-refractivity contribution in [3.05, 3.63) is 16.6 Å². The summed E-state index contributed by atoms with van der Waals surface area (Å²) in [5.74, 6) is 1.39. The minimum atomic E-state index is 0.624. The number of alkyl halides is 1. The van der Waals surface area contributed by atoms with Crippen LogP contribution in [0.25, 0.3) is 0 Å². The number of nitrogens with zero attached hydrogens (tertiary/aromatic N) is 1. The van der Waals surface area contributed by atoms with E-state index in [1.807, 2.05) is 11.7 Å². The molecule has 62 valence electrons. The molecular weight excluding hydrogens is 178 g/mol. The van der Waals surface area contributed by atoms with Crippen molar-refractivity contribution in [3.8, 4) is 0 Å². The summed E-state index contributed by atoms with van der Waals surface area (Å²) in [6, 6.07) is 0. The Kier molecular flexibility index (Phi) is 3.87. The van der Waals surface area contributed by atoms with Crippen LogP contribution >= 0.6 is 22.9 Å². The van der Waals surface area contributed by atoms with Gasteiger partial charge in [-0.25, -0.2) is 0 Å². The summed E-state index contributed by atoms with van der Waals surface area (Å²) in [6.07, 6.45) is 4.23. The second kappa shape index (κ2) is 4.73. The molecule has 3 heteroatoms. The quantitative estimate of drug-likeness (QED) is 0.664. The molecular formula is C8H12ClNS. The molecule has 1 atom stereocenters. The van der Waals surface area contributed by atoms with Gasteiger partial charge in [0, 0.05) is 17.0 Å². The van der Waals surface area contributed by atoms with Crippen molar-refractivity contribution in [1.29, 1.82) is 0 Å². The molecule has 0 saturated carbocycles. The summed E-state index contributed by atoms with van der Waals surface area (Å²) < 4.78 is 0. The largest absolute Gasteiger partial charge is 0.253 e. The maximum atomic E-state index is 5.68. The van der Waals surface area contributed by atoms with E-state index in [0.29, 0.717) is 5.92 Å². The molecule has 11 heavy (non-hydrogen) atoms. The molecule has 0 spiro atoms. The first kappa shape index (κ1) is 9.01. The Balaban J connectivity index is 2.23. The first-order valence-corrected chi connectivity index (χ1v) is 5.17. The number of halogens is 1. The van der Waals surface area contributed by atoms with Gasteiger partial charge in [0.15, 0.2) is 0 Å². The highest BCUT2D eigenvalue weighted by Crippen LogP contribution is 2.13. The molecule has 0 aliphatic heterocycles. The molecule has 1 heterocycles. The van der Waals surface area contributed by atoms with Crippen molar-refractivity contribution in [3.63, 3.8) is 0 Å². The molecule has 1 aromatic heterocycles. The van der Waals surface area contributed by atoms with Gasteiger partial charge in [-0.05, 0) is 18.8 Å². The van der Waals surface area contributed by atoms with Gasteiger partial charge in [-0.15, -0.1) is 22.9 Å². The van der Waals surface area contributed by atoms with E-state index < -0.39 is 0 Å². The third kappa shape index (κ3) is 3.21. The van der Waals surface area contributed by atoms with Gasteiger partial charge in [0.1, 0.15) is 0 Å². The summed E-state index contributed by atoms with van der Waals surface area (Å²) >= 11 is 7.40. The highest BCUT2D eigenvalue weighted by atomic mass is 35.5. The van der Waals surface area contributed by atoms with E-state index in [2.05, 4.69) is 11.9 Å². The number of hydrogen-bond donors (Lipinski definition) is 0. The van der Waals surface area contributed by atoms with Gasteiger partial charge in [-0.1, -0.05) is 6.92 Å². The Morgan fingerprint density at radius 1 is 1.73 bits per heavy atom. The lowest BCUT2D eigenvalue weighted by Crippen LogP contribution is -1.97. The average molecular weight is 190 g/mol. The number of rotatable bonds is 4. The van der Waals surface area contributed by atoms with Crippen LogP contribution in [-0.4, -0.2) is 10.9 Å². The summed E-state index contributed by atoms with van der Waals surface area (Å²) in [5, 5.41) is 0. The molecule has 0 aromatic carbocycles. The minimum Gasteiger partial charge on any atom is -0.253 e. The summed E-state index contributed by atoms with van der Waals surface area (Å²) in [6.45, 7) is 2.17. The number of aromatic nitrogens is 1. The van der Waals surface area contributed by atoms with Crippen molar-refractivity contribution in [1.82, 2.24) is 4.98 Å². The maximum absolute atomic E-state index is 5.68. The molecule has 0 amide bonds. The van der Waals surface area contributed by atoms with Crippen molar-refractivity contribution in [2.24, 2.45) is 5.92 Å². The minimum absolute atomic E-state index is 0.624. The molecule has 0 radical (unpaired) electrons. The molecule has 0 aliphatic rings. The van der Waals surface area contributed by atoms with E-state index >= 15 is 0 Å². The lowest BCUT2D eigenvalue weighted by molar-refractivity contribution is 0.596. The number of thiazole rings is 1. The summed E-state index contributed by atoms with van der Waals surface area (Å²) in [7, 11) is 0. The fraction of sp³-hybridized carbons (Fsp3) is 0.625. The van der Waals surface area contributed by atoms with Crippen molar-refractivity contribution < 1.29 is 0 Å². The summed E-state index contributed by atoms with van der Waals surface area (Å²) in [4.78, 5) is 5.37. The predicted molar refractivity (Wildman–Crippen MR) is 50.3 cm³/mol. The zero-order valence-electron chi connectivity index (χ0n) is 6.59. The van der Waals surface area contributed by atoms with Crippen LogP contribution in [0, 0.1) is 5.92 Å².